The Balaban J connectivity index is 2.07. The molecule has 1 aliphatic rings. The molecule has 1 aliphatic heterocycles. The number of nitrogens with zero attached hydrogens (tertiary/aromatic N) is 3. The zero-order valence-corrected chi connectivity index (χ0v) is 13.0. The van der Waals surface area contributed by atoms with Crippen molar-refractivity contribution in [2.45, 2.75) is 51.7 Å². The molecule has 1 aromatic heterocycles. The van der Waals surface area contributed by atoms with Crippen LogP contribution in [-0.2, 0) is 13.5 Å². The first-order chi connectivity index (χ1) is 8.82. The van der Waals surface area contributed by atoms with Crippen LogP contribution >= 0.6 is 11.6 Å². The molecule has 0 aliphatic carbocycles. The molecule has 5 heteroatoms. The van der Waals surface area contributed by atoms with Gasteiger partial charge in [0.05, 0.1) is 11.3 Å². The van der Waals surface area contributed by atoms with Crippen LogP contribution in [0.25, 0.3) is 0 Å². The second kappa shape index (κ2) is 5.43. The van der Waals surface area contributed by atoms with Gasteiger partial charge in [0.25, 0.3) is 0 Å². The van der Waals surface area contributed by atoms with E-state index in [9.17, 15) is 5.11 Å². The molecule has 2 rings (SSSR count). The Hall–Kier alpha value is -0.580. The van der Waals surface area contributed by atoms with Crippen LogP contribution < -0.4 is 0 Å². The van der Waals surface area contributed by atoms with E-state index in [1.54, 1.807) is 4.68 Å². The second-order valence-corrected chi connectivity index (χ2v) is 6.37. The molecule has 108 valence electrons. The summed E-state index contributed by atoms with van der Waals surface area (Å²) >= 11 is 6.25. The molecule has 0 saturated carbocycles. The molecular formula is C14H24ClN3O. The van der Waals surface area contributed by atoms with Gasteiger partial charge in [0.1, 0.15) is 5.15 Å². The Morgan fingerprint density at radius 1 is 1.37 bits per heavy atom. The molecule has 0 spiro atoms. The summed E-state index contributed by atoms with van der Waals surface area (Å²) < 4.78 is 1.68. The maximum Gasteiger partial charge on any atom is 0.130 e. The third kappa shape index (κ3) is 3.12. The zero-order chi connectivity index (χ0) is 14.2. The number of hydrogen-bond acceptors (Lipinski definition) is 3. The molecule has 2 heterocycles. The van der Waals surface area contributed by atoms with Crippen molar-refractivity contribution in [2.75, 3.05) is 13.1 Å². The van der Waals surface area contributed by atoms with Crippen molar-refractivity contribution in [3.05, 3.63) is 16.4 Å². The largest absolute Gasteiger partial charge is 0.389 e. The fourth-order valence-corrected chi connectivity index (χ4v) is 3.08. The van der Waals surface area contributed by atoms with Crippen LogP contribution in [0.2, 0.25) is 5.15 Å². The quantitative estimate of drug-likeness (QED) is 0.925. The molecule has 0 amide bonds. The van der Waals surface area contributed by atoms with Gasteiger partial charge in [-0.05, 0) is 33.6 Å². The maximum absolute atomic E-state index is 10.8. The molecular weight excluding hydrogens is 262 g/mol. The highest BCUT2D eigenvalue weighted by atomic mass is 35.5. The van der Waals surface area contributed by atoms with Gasteiger partial charge in [-0.15, -0.1) is 0 Å². The number of halogens is 1. The molecule has 0 atom stereocenters. The molecule has 1 N–H and O–H groups in total. The summed E-state index contributed by atoms with van der Waals surface area (Å²) in [6, 6.07) is 0.549. The molecule has 1 aromatic rings. The van der Waals surface area contributed by atoms with Crippen LogP contribution in [0.15, 0.2) is 0 Å². The van der Waals surface area contributed by atoms with Crippen molar-refractivity contribution in [1.82, 2.24) is 14.7 Å². The van der Waals surface area contributed by atoms with Gasteiger partial charge in [0.2, 0.25) is 0 Å². The zero-order valence-electron chi connectivity index (χ0n) is 12.3. The highest BCUT2D eigenvalue weighted by Gasteiger charge is 2.34. The van der Waals surface area contributed by atoms with Crippen molar-refractivity contribution in [3.63, 3.8) is 0 Å². The maximum atomic E-state index is 10.8. The minimum absolute atomic E-state index is 0.549. The molecule has 1 fully saturated rings. The number of rotatable bonds is 3. The van der Waals surface area contributed by atoms with Gasteiger partial charge >= 0.3 is 0 Å². The number of piperidine rings is 1. The average Bonchev–Trinajstić information content (AvgIpc) is 2.56. The van der Waals surface area contributed by atoms with Crippen LogP contribution in [0, 0.1) is 6.92 Å². The highest BCUT2D eigenvalue weighted by molar-refractivity contribution is 6.30. The third-order valence-electron chi connectivity index (χ3n) is 4.23. The lowest BCUT2D eigenvalue weighted by Gasteiger charge is -2.40. The summed E-state index contributed by atoms with van der Waals surface area (Å²) in [7, 11) is 1.84. The normalized spacial score (nSPS) is 20.2. The van der Waals surface area contributed by atoms with Crippen molar-refractivity contribution in [3.8, 4) is 0 Å². The van der Waals surface area contributed by atoms with E-state index in [0.29, 0.717) is 17.6 Å². The Morgan fingerprint density at radius 3 is 2.37 bits per heavy atom. The Morgan fingerprint density at radius 2 is 1.95 bits per heavy atom. The lowest BCUT2D eigenvalue weighted by atomic mass is 9.85. The minimum atomic E-state index is -0.636. The molecule has 4 nitrogen and oxygen atoms in total. The SMILES string of the molecule is Cc1nn(C)c(Cl)c1CC1(O)CCN(C(C)C)CC1. The monoisotopic (exact) mass is 285 g/mol. The van der Waals surface area contributed by atoms with E-state index < -0.39 is 5.60 Å². The number of aryl methyl sites for hydroxylation is 2. The van der Waals surface area contributed by atoms with Gasteiger partial charge in [-0.2, -0.15) is 5.10 Å². The van der Waals surface area contributed by atoms with E-state index in [1.807, 2.05) is 14.0 Å². The number of likely N-dealkylation sites (tertiary alicyclic amines) is 1. The van der Waals surface area contributed by atoms with E-state index in [0.717, 1.165) is 37.2 Å². The topological polar surface area (TPSA) is 41.3 Å². The fourth-order valence-electron chi connectivity index (χ4n) is 2.84. The van der Waals surface area contributed by atoms with Crippen LogP contribution in [0.1, 0.15) is 37.9 Å². The molecule has 0 radical (unpaired) electrons. The lowest BCUT2D eigenvalue weighted by Crippen LogP contribution is -2.47. The fraction of sp³-hybridized carbons (Fsp3) is 0.786. The van der Waals surface area contributed by atoms with Gasteiger partial charge in [-0.25, -0.2) is 0 Å². The summed E-state index contributed by atoms with van der Waals surface area (Å²) in [4.78, 5) is 2.41. The third-order valence-corrected chi connectivity index (χ3v) is 4.71. The Kier molecular flexibility index (Phi) is 4.23. The summed E-state index contributed by atoms with van der Waals surface area (Å²) in [6.45, 7) is 8.25. The van der Waals surface area contributed by atoms with Crippen LogP contribution in [0.5, 0.6) is 0 Å². The van der Waals surface area contributed by atoms with E-state index in [-0.39, 0.29) is 0 Å². The van der Waals surface area contributed by atoms with Gasteiger partial charge in [0.15, 0.2) is 0 Å². The van der Waals surface area contributed by atoms with E-state index in [4.69, 9.17) is 11.6 Å². The van der Waals surface area contributed by atoms with Crippen LogP contribution in [0.4, 0.5) is 0 Å². The van der Waals surface area contributed by atoms with Crippen LogP contribution in [0.3, 0.4) is 0 Å². The van der Waals surface area contributed by atoms with Gasteiger partial charge in [-0.3, -0.25) is 4.68 Å². The van der Waals surface area contributed by atoms with Crippen molar-refractivity contribution >= 4 is 11.6 Å². The molecule has 0 unspecified atom stereocenters. The Labute approximate surface area is 120 Å². The van der Waals surface area contributed by atoms with Crippen molar-refractivity contribution < 1.29 is 5.11 Å². The first-order valence-corrected chi connectivity index (χ1v) is 7.34. The summed E-state index contributed by atoms with van der Waals surface area (Å²) in [6.07, 6.45) is 2.21. The predicted octanol–water partition coefficient (Wildman–Crippen LogP) is 2.16. The van der Waals surface area contributed by atoms with Crippen molar-refractivity contribution in [2.24, 2.45) is 7.05 Å². The number of aliphatic hydroxyl groups is 1. The van der Waals surface area contributed by atoms with E-state index in [2.05, 4.69) is 23.8 Å². The predicted molar refractivity (Wildman–Crippen MR) is 77.6 cm³/mol. The molecule has 0 aromatic carbocycles. The Bertz CT molecular complexity index is 448. The standard InChI is InChI=1S/C14H24ClN3O/c1-10(2)18-7-5-14(19,6-8-18)9-12-11(3)16-17(4)13(12)15/h10,19H,5-9H2,1-4H3. The summed E-state index contributed by atoms with van der Waals surface area (Å²) in [5, 5.41) is 15.7. The summed E-state index contributed by atoms with van der Waals surface area (Å²) in [5.74, 6) is 0. The van der Waals surface area contributed by atoms with Gasteiger partial charge < -0.3 is 10.0 Å². The molecule has 1 saturated heterocycles. The lowest BCUT2D eigenvalue weighted by molar-refractivity contribution is -0.0272. The van der Waals surface area contributed by atoms with Gasteiger partial charge in [-0.1, -0.05) is 11.6 Å². The second-order valence-electron chi connectivity index (χ2n) is 6.01. The molecule has 19 heavy (non-hydrogen) atoms. The van der Waals surface area contributed by atoms with Crippen LogP contribution in [-0.4, -0.2) is 44.5 Å². The number of aromatic nitrogens is 2. The summed E-state index contributed by atoms with van der Waals surface area (Å²) in [5.41, 5.74) is 1.28. The smallest absolute Gasteiger partial charge is 0.130 e. The van der Waals surface area contributed by atoms with Gasteiger partial charge in [0, 0.05) is 38.2 Å². The minimum Gasteiger partial charge on any atom is -0.389 e. The molecule has 0 bridgehead atoms. The van der Waals surface area contributed by atoms with Crippen molar-refractivity contribution in [1.29, 1.82) is 0 Å². The van der Waals surface area contributed by atoms with E-state index >= 15 is 0 Å². The number of hydrogen-bond donors (Lipinski definition) is 1. The van der Waals surface area contributed by atoms with E-state index in [1.165, 1.54) is 0 Å². The average molecular weight is 286 g/mol. The highest BCUT2D eigenvalue weighted by Crippen LogP contribution is 2.31. The first-order valence-electron chi connectivity index (χ1n) is 6.97. The first kappa shape index (κ1) is 14.8.